The lowest BCUT2D eigenvalue weighted by molar-refractivity contribution is -0.134. The summed E-state index contributed by atoms with van der Waals surface area (Å²) in [6, 6.07) is 6.97. The number of carbonyl (C=O) groups is 2. The van der Waals surface area contributed by atoms with Crippen LogP contribution in [0.4, 0.5) is 0 Å². The van der Waals surface area contributed by atoms with E-state index >= 15 is 0 Å². The molecule has 9 heteroatoms. The SMILES string of the molecule is CN(N)CC(O)COc1ccc(Cl)cc1.O=C(O)/C=C/C(=O)O. The summed E-state index contributed by atoms with van der Waals surface area (Å²) in [5.41, 5.74) is 0. The summed E-state index contributed by atoms with van der Waals surface area (Å²) in [7, 11) is 1.69. The lowest BCUT2D eigenvalue weighted by Gasteiger charge is -2.16. The third kappa shape index (κ3) is 13.3. The highest BCUT2D eigenvalue weighted by Gasteiger charge is 2.06. The minimum atomic E-state index is -1.26. The highest BCUT2D eigenvalue weighted by atomic mass is 35.5. The molecule has 0 aliphatic heterocycles. The van der Waals surface area contributed by atoms with E-state index in [-0.39, 0.29) is 6.61 Å². The number of nitrogens with two attached hydrogens (primary N) is 1. The molecule has 0 spiro atoms. The Kier molecular flexibility index (Phi) is 10.4. The van der Waals surface area contributed by atoms with Crippen LogP contribution in [0.15, 0.2) is 36.4 Å². The van der Waals surface area contributed by atoms with Gasteiger partial charge in [-0.3, -0.25) is 5.84 Å². The molecule has 0 aliphatic carbocycles. The number of hydrogen-bond acceptors (Lipinski definition) is 6. The number of hydrogen-bond donors (Lipinski definition) is 4. The van der Waals surface area contributed by atoms with E-state index in [1.807, 2.05) is 0 Å². The van der Waals surface area contributed by atoms with Gasteiger partial charge in [-0.25, -0.2) is 14.6 Å². The zero-order chi connectivity index (χ0) is 17.8. The first-order valence-electron chi connectivity index (χ1n) is 6.37. The second kappa shape index (κ2) is 11.4. The number of aliphatic carboxylic acids is 2. The molecule has 1 aromatic carbocycles. The molecule has 0 saturated carbocycles. The van der Waals surface area contributed by atoms with Gasteiger partial charge >= 0.3 is 11.9 Å². The van der Waals surface area contributed by atoms with Gasteiger partial charge in [0.2, 0.25) is 0 Å². The fraction of sp³-hybridized carbons (Fsp3) is 0.286. The number of carboxylic acids is 2. The fourth-order valence-electron chi connectivity index (χ4n) is 1.25. The molecular weight excluding hydrogens is 328 g/mol. The Bertz CT molecular complexity index is 503. The highest BCUT2D eigenvalue weighted by Crippen LogP contribution is 2.15. The van der Waals surface area contributed by atoms with Crippen molar-refractivity contribution in [1.82, 2.24) is 5.01 Å². The monoisotopic (exact) mass is 346 g/mol. The Balaban J connectivity index is 0.000000515. The molecule has 5 N–H and O–H groups in total. The van der Waals surface area contributed by atoms with Crippen molar-refractivity contribution < 1.29 is 29.6 Å². The first kappa shape index (κ1) is 20.9. The van der Waals surface area contributed by atoms with E-state index in [0.29, 0.717) is 29.5 Å². The van der Waals surface area contributed by atoms with Gasteiger partial charge < -0.3 is 20.1 Å². The van der Waals surface area contributed by atoms with Crippen molar-refractivity contribution in [2.24, 2.45) is 5.84 Å². The Hall–Kier alpha value is -2.13. The molecule has 0 aliphatic rings. The van der Waals surface area contributed by atoms with Crippen molar-refractivity contribution in [2.75, 3.05) is 20.2 Å². The van der Waals surface area contributed by atoms with Gasteiger partial charge in [0.25, 0.3) is 0 Å². The van der Waals surface area contributed by atoms with Gasteiger partial charge in [0, 0.05) is 30.8 Å². The molecule has 1 aromatic rings. The topological polar surface area (TPSA) is 133 Å². The maximum atomic E-state index is 9.55. The number of ether oxygens (including phenoxy) is 1. The second-order valence-electron chi connectivity index (χ2n) is 4.37. The number of nitrogens with zero attached hydrogens (tertiary/aromatic N) is 1. The Morgan fingerprint density at radius 3 is 2.13 bits per heavy atom. The molecular formula is C14H19ClN2O6. The van der Waals surface area contributed by atoms with Crippen molar-refractivity contribution in [3.05, 3.63) is 41.4 Å². The molecule has 23 heavy (non-hydrogen) atoms. The van der Waals surface area contributed by atoms with Crippen LogP contribution in [-0.4, -0.2) is 58.6 Å². The van der Waals surface area contributed by atoms with E-state index in [4.69, 9.17) is 32.4 Å². The number of aliphatic hydroxyl groups excluding tert-OH is 1. The number of hydrazine groups is 1. The van der Waals surface area contributed by atoms with E-state index < -0.39 is 18.0 Å². The number of aliphatic hydroxyl groups is 1. The van der Waals surface area contributed by atoms with E-state index in [9.17, 15) is 14.7 Å². The number of halogens is 1. The molecule has 8 nitrogen and oxygen atoms in total. The van der Waals surface area contributed by atoms with Gasteiger partial charge in [0.1, 0.15) is 18.5 Å². The molecule has 1 unspecified atom stereocenters. The van der Waals surface area contributed by atoms with Crippen molar-refractivity contribution >= 4 is 23.5 Å². The van der Waals surface area contributed by atoms with Crippen LogP contribution >= 0.6 is 11.6 Å². The summed E-state index contributed by atoms with van der Waals surface area (Å²) >= 11 is 5.72. The van der Waals surface area contributed by atoms with Crippen LogP contribution in [0.5, 0.6) is 5.75 Å². The molecule has 0 amide bonds. The van der Waals surface area contributed by atoms with Crippen molar-refractivity contribution in [3.63, 3.8) is 0 Å². The van der Waals surface area contributed by atoms with Crippen LogP contribution in [0.2, 0.25) is 5.02 Å². The number of likely N-dealkylation sites (N-methyl/N-ethyl adjacent to an activating group) is 1. The molecule has 1 atom stereocenters. The number of benzene rings is 1. The van der Waals surface area contributed by atoms with Crippen LogP contribution in [0.25, 0.3) is 0 Å². The van der Waals surface area contributed by atoms with Crippen molar-refractivity contribution in [2.45, 2.75) is 6.10 Å². The first-order valence-corrected chi connectivity index (χ1v) is 6.74. The lowest BCUT2D eigenvalue weighted by Crippen LogP contribution is -2.37. The molecule has 0 radical (unpaired) electrons. The normalized spacial score (nSPS) is 11.7. The van der Waals surface area contributed by atoms with Gasteiger partial charge in [-0.05, 0) is 24.3 Å². The van der Waals surface area contributed by atoms with Crippen LogP contribution in [-0.2, 0) is 9.59 Å². The largest absolute Gasteiger partial charge is 0.491 e. The predicted molar refractivity (Wildman–Crippen MR) is 84.2 cm³/mol. The quantitative estimate of drug-likeness (QED) is 0.320. The van der Waals surface area contributed by atoms with Crippen LogP contribution in [0.1, 0.15) is 0 Å². The molecule has 0 bridgehead atoms. The molecule has 128 valence electrons. The summed E-state index contributed by atoms with van der Waals surface area (Å²) in [4.78, 5) is 19.1. The first-order chi connectivity index (χ1) is 10.7. The Labute approximate surface area is 138 Å². The van der Waals surface area contributed by atoms with Gasteiger partial charge in [-0.15, -0.1) is 0 Å². The summed E-state index contributed by atoms with van der Waals surface area (Å²) < 4.78 is 5.33. The molecule has 1 rings (SSSR count). The molecule has 0 saturated heterocycles. The van der Waals surface area contributed by atoms with Crippen molar-refractivity contribution in [1.29, 1.82) is 0 Å². The average molecular weight is 347 g/mol. The van der Waals surface area contributed by atoms with Crippen LogP contribution in [0, 0.1) is 0 Å². The minimum Gasteiger partial charge on any atom is -0.491 e. The zero-order valence-corrected chi connectivity index (χ0v) is 13.2. The van der Waals surface area contributed by atoms with Crippen LogP contribution in [0.3, 0.4) is 0 Å². The smallest absolute Gasteiger partial charge is 0.328 e. The lowest BCUT2D eigenvalue weighted by atomic mass is 10.3. The molecule has 0 heterocycles. The van der Waals surface area contributed by atoms with Gasteiger partial charge in [0.05, 0.1) is 0 Å². The highest BCUT2D eigenvalue weighted by molar-refractivity contribution is 6.30. The summed E-state index contributed by atoms with van der Waals surface area (Å²) in [5, 5.41) is 27.2. The maximum absolute atomic E-state index is 9.55. The van der Waals surface area contributed by atoms with E-state index in [0.717, 1.165) is 0 Å². The predicted octanol–water partition coefficient (Wildman–Crippen LogP) is 0.597. The third-order valence-electron chi connectivity index (χ3n) is 2.12. The minimum absolute atomic E-state index is 0.211. The summed E-state index contributed by atoms with van der Waals surface area (Å²) in [5.74, 6) is 3.55. The molecule has 0 fully saturated rings. The van der Waals surface area contributed by atoms with Gasteiger partial charge in [0.15, 0.2) is 0 Å². The average Bonchev–Trinajstić information content (AvgIpc) is 2.44. The van der Waals surface area contributed by atoms with Gasteiger partial charge in [-0.2, -0.15) is 0 Å². The number of carboxylic acid groups (broad SMARTS) is 2. The van der Waals surface area contributed by atoms with E-state index in [1.54, 1.807) is 31.3 Å². The summed E-state index contributed by atoms with van der Waals surface area (Å²) in [6.07, 6.45) is 0.515. The Morgan fingerprint density at radius 1 is 1.26 bits per heavy atom. The zero-order valence-electron chi connectivity index (χ0n) is 12.4. The maximum Gasteiger partial charge on any atom is 0.328 e. The number of rotatable bonds is 7. The van der Waals surface area contributed by atoms with Gasteiger partial charge in [-0.1, -0.05) is 11.6 Å². The van der Waals surface area contributed by atoms with E-state index in [2.05, 4.69) is 0 Å². The molecule has 0 aromatic heterocycles. The summed E-state index contributed by atoms with van der Waals surface area (Å²) in [6.45, 7) is 0.580. The Morgan fingerprint density at radius 2 is 1.74 bits per heavy atom. The standard InChI is InChI=1S/C10H15ClN2O2.C4H4O4/c1-13(12)6-9(14)7-15-10-4-2-8(11)3-5-10;5-3(6)1-2-4(7)8/h2-5,9,14H,6-7,12H2,1H3;1-2H,(H,5,6)(H,7,8)/b;2-1+. The van der Waals surface area contributed by atoms with E-state index in [1.165, 1.54) is 5.01 Å². The van der Waals surface area contributed by atoms with Crippen LogP contribution < -0.4 is 10.6 Å². The van der Waals surface area contributed by atoms with Crippen molar-refractivity contribution in [3.8, 4) is 5.75 Å². The second-order valence-corrected chi connectivity index (χ2v) is 4.80. The third-order valence-corrected chi connectivity index (χ3v) is 2.38. The fourth-order valence-corrected chi connectivity index (χ4v) is 1.38.